The zero-order chi connectivity index (χ0) is 8.81. The second-order valence-electron chi connectivity index (χ2n) is 3.82. The van der Waals surface area contributed by atoms with E-state index in [9.17, 15) is 0 Å². The maximum atomic E-state index is 2.45. The fourth-order valence-corrected chi connectivity index (χ4v) is 1.47. The molecule has 1 atom stereocenters. The van der Waals surface area contributed by atoms with Crippen LogP contribution in [0.3, 0.4) is 0 Å². The summed E-state index contributed by atoms with van der Waals surface area (Å²) in [6.45, 7) is 7.06. The summed E-state index contributed by atoms with van der Waals surface area (Å²) in [5.74, 6) is 0.743. The lowest BCUT2D eigenvalue weighted by Gasteiger charge is -2.25. The van der Waals surface area contributed by atoms with Crippen molar-refractivity contribution in [3.63, 3.8) is 0 Å². The van der Waals surface area contributed by atoms with Crippen LogP contribution in [0.5, 0.6) is 0 Å². The predicted octanol–water partition coefficient (Wildman–Crippen LogP) is 3.03. The minimum atomic E-state index is 0.743. The zero-order valence-corrected chi connectivity index (χ0v) is 8.42. The molecule has 1 aliphatic rings. The zero-order valence-electron chi connectivity index (χ0n) is 8.42. The maximum absolute atomic E-state index is 2.45. The number of rotatable bonds is 3. The van der Waals surface area contributed by atoms with Gasteiger partial charge in [-0.15, -0.1) is 0 Å². The third kappa shape index (κ3) is 3.29. The van der Waals surface area contributed by atoms with E-state index in [2.05, 4.69) is 31.0 Å². The van der Waals surface area contributed by atoms with Crippen LogP contribution in [-0.4, -0.2) is 18.0 Å². The third-order valence-electron chi connectivity index (χ3n) is 2.66. The molecule has 1 rings (SSSR count). The normalized spacial score (nSPS) is 21.7. The van der Waals surface area contributed by atoms with Crippen molar-refractivity contribution in [2.75, 3.05) is 13.1 Å². The molecular formula is C11H21N. The molecule has 0 radical (unpaired) electrons. The van der Waals surface area contributed by atoms with Crippen molar-refractivity contribution in [3.05, 3.63) is 12.3 Å². The lowest BCUT2D eigenvalue weighted by molar-refractivity contribution is 0.307. The second kappa shape index (κ2) is 5.23. The third-order valence-corrected chi connectivity index (χ3v) is 2.66. The minimum absolute atomic E-state index is 0.743. The van der Waals surface area contributed by atoms with E-state index >= 15 is 0 Å². The van der Waals surface area contributed by atoms with Gasteiger partial charge in [0.05, 0.1) is 0 Å². The van der Waals surface area contributed by atoms with Crippen molar-refractivity contribution in [2.45, 2.75) is 39.5 Å². The highest BCUT2D eigenvalue weighted by Crippen LogP contribution is 2.10. The summed E-state index contributed by atoms with van der Waals surface area (Å²) in [6.07, 6.45) is 10.1. The molecule has 0 aromatic heterocycles. The number of allylic oxidation sites excluding steroid dienone is 1. The molecule has 70 valence electrons. The molecule has 0 amide bonds. The molecule has 0 N–H and O–H groups in total. The Morgan fingerprint density at radius 3 is 2.50 bits per heavy atom. The second-order valence-corrected chi connectivity index (χ2v) is 3.82. The molecule has 0 bridgehead atoms. The summed E-state index contributed by atoms with van der Waals surface area (Å²) in [4.78, 5) is 2.45. The Bertz CT molecular complexity index is 134. The molecule has 0 aromatic carbocycles. The van der Waals surface area contributed by atoms with Gasteiger partial charge in [-0.1, -0.05) is 26.3 Å². The first-order valence-corrected chi connectivity index (χ1v) is 5.25. The lowest BCUT2D eigenvalue weighted by Crippen LogP contribution is -2.24. The van der Waals surface area contributed by atoms with Crippen LogP contribution in [0.2, 0.25) is 0 Å². The number of likely N-dealkylation sites (tertiary alicyclic amines) is 1. The largest absolute Gasteiger partial charge is 0.378 e. The number of piperidine rings is 1. The van der Waals surface area contributed by atoms with E-state index in [1.54, 1.807) is 0 Å². The Hall–Kier alpha value is -0.460. The summed E-state index contributed by atoms with van der Waals surface area (Å²) in [5, 5.41) is 0. The Balaban J connectivity index is 2.23. The maximum Gasteiger partial charge on any atom is 0.0172 e. The van der Waals surface area contributed by atoms with Gasteiger partial charge in [-0.05, 0) is 31.4 Å². The van der Waals surface area contributed by atoms with Crippen LogP contribution in [0.1, 0.15) is 39.5 Å². The number of nitrogens with zero attached hydrogens (tertiary/aromatic N) is 1. The van der Waals surface area contributed by atoms with Crippen LogP contribution in [-0.2, 0) is 0 Å². The molecule has 12 heavy (non-hydrogen) atoms. The van der Waals surface area contributed by atoms with Crippen LogP contribution < -0.4 is 0 Å². The van der Waals surface area contributed by atoms with Crippen molar-refractivity contribution in [1.82, 2.24) is 4.90 Å². The molecule has 1 heterocycles. The van der Waals surface area contributed by atoms with Gasteiger partial charge in [0.2, 0.25) is 0 Å². The first-order chi connectivity index (χ1) is 5.83. The molecule has 0 spiro atoms. The van der Waals surface area contributed by atoms with E-state index in [1.165, 1.54) is 38.8 Å². The van der Waals surface area contributed by atoms with Gasteiger partial charge in [-0.25, -0.2) is 0 Å². The molecule has 1 heteroatoms. The Kier molecular flexibility index (Phi) is 4.20. The molecule has 1 saturated heterocycles. The summed E-state index contributed by atoms with van der Waals surface area (Å²) in [6, 6.07) is 0. The number of hydrogen-bond acceptors (Lipinski definition) is 1. The SMILES string of the molecule is CCC(C)/C=C/N1CCCCC1. The van der Waals surface area contributed by atoms with E-state index in [1.807, 2.05) is 0 Å². The lowest BCUT2D eigenvalue weighted by atomic mass is 10.1. The van der Waals surface area contributed by atoms with Gasteiger partial charge >= 0.3 is 0 Å². The van der Waals surface area contributed by atoms with E-state index in [0.29, 0.717) is 0 Å². The van der Waals surface area contributed by atoms with Crippen LogP contribution in [0, 0.1) is 5.92 Å². The average molecular weight is 167 g/mol. The van der Waals surface area contributed by atoms with Gasteiger partial charge in [-0.2, -0.15) is 0 Å². The highest BCUT2D eigenvalue weighted by Gasteiger charge is 2.04. The summed E-state index contributed by atoms with van der Waals surface area (Å²) >= 11 is 0. The van der Waals surface area contributed by atoms with Gasteiger partial charge in [0, 0.05) is 13.1 Å². The van der Waals surface area contributed by atoms with Gasteiger partial charge in [0.25, 0.3) is 0 Å². The van der Waals surface area contributed by atoms with Crippen molar-refractivity contribution >= 4 is 0 Å². The Morgan fingerprint density at radius 1 is 1.25 bits per heavy atom. The van der Waals surface area contributed by atoms with Gasteiger partial charge < -0.3 is 4.90 Å². The van der Waals surface area contributed by atoms with E-state index in [-0.39, 0.29) is 0 Å². The van der Waals surface area contributed by atoms with E-state index in [4.69, 9.17) is 0 Å². The molecule has 1 unspecified atom stereocenters. The Labute approximate surface area is 76.5 Å². The van der Waals surface area contributed by atoms with Crippen LogP contribution >= 0.6 is 0 Å². The average Bonchev–Trinajstić information content (AvgIpc) is 2.16. The minimum Gasteiger partial charge on any atom is -0.378 e. The molecule has 1 aliphatic heterocycles. The monoisotopic (exact) mass is 167 g/mol. The van der Waals surface area contributed by atoms with Crippen LogP contribution in [0.4, 0.5) is 0 Å². The molecular weight excluding hydrogens is 146 g/mol. The van der Waals surface area contributed by atoms with E-state index < -0.39 is 0 Å². The first-order valence-electron chi connectivity index (χ1n) is 5.25. The summed E-state index contributed by atoms with van der Waals surface area (Å²) in [7, 11) is 0. The van der Waals surface area contributed by atoms with Crippen molar-refractivity contribution in [3.8, 4) is 0 Å². The quantitative estimate of drug-likeness (QED) is 0.624. The van der Waals surface area contributed by atoms with Crippen molar-refractivity contribution < 1.29 is 0 Å². The highest BCUT2D eigenvalue weighted by atomic mass is 15.1. The molecule has 0 aromatic rings. The smallest absolute Gasteiger partial charge is 0.0172 e. The van der Waals surface area contributed by atoms with E-state index in [0.717, 1.165) is 5.92 Å². The molecule has 1 fully saturated rings. The van der Waals surface area contributed by atoms with Gasteiger partial charge in [0.15, 0.2) is 0 Å². The standard InChI is InChI=1S/C11H21N/c1-3-11(2)7-10-12-8-5-4-6-9-12/h7,10-11H,3-6,8-9H2,1-2H3/b10-7+. The molecule has 1 nitrogen and oxygen atoms in total. The molecule has 0 aliphatic carbocycles. The van der Waals surface area contributed by atoms with Crippen LogP contribution in [0.25, 0.3) is 0 Å². The van der Waals surface area contributed by atoms with Crippen molar-refractivity contribution in [1.29, 1.82) is 0 Å². The van der Waals surface area contributed by atoms with Gasteiger partial charge in [-0.3, -0.25) is 0 Å². The summed E-state index contributed by atoms with van der Waals surface area (Å²) in [5.41, 5.74) is 0. The number of hydrogen-bond donors (Lipinski definition) is 0. The highest BCUT2D eigenvalue weighted by molar-refractivity contribution is 4.87. The van der Waals surface area contributed by atoms with Crippen molar-refractivity contribution in [2.24, 2.45) is 5.92 Å². The first kappa shape index (κ1) is 9.63. The van der Waals surface area contributed by atoms with Crippen LogP contribution in [0.15, 0.2) is 12.3 Å². The Morgan fingerprint density at radius 2 is 1.92 bits per heavy atom. The fourth-order valence-electron chi connectivity index (χ4n) is 1.47. The van der Waals surface area contributed by atoms with Gasteiger partial charge in [0.1, 0.15) is 0 Å². The summed E-state index contributed by atoms with van der Waals surface area (Å²) < 4.78 is 0. The fraction of sp³-hybridized carbons (Fsp3) is 0.818. The predicted molar refractivity (Wildman–Crippen MR) is 54.0 cm³/mol. The topological polar surface area (TPSA) is 3.24 Å². The molecule has 0 saturated carbocycles.